The Balaban J connectivity index is 2.27. The van der Waals surface area contributed by atoms with E-state index in [1.54, 1.807) is 11.8 Å². The fourth-order valence-electron chi connectivity index (χ4n) is 1.70. The van der Waals surface area contributed by atoms with E-state index in [2.05, 4.69) is 18.2 Å². The molecule has 0 radical (unpaired) electrons. The zero-order valence-electron chi connectivity index (χ0n) is 6.60. The summed E-state index contributed by atoms with van der Waals surface area (Å²) in [5.74, 6) is 0.381. The van der Waals surface area contributed by atoms with Crippen LogP contribution in [0.2, 0.25) is 0 Å². The minimum Gasteiger partial charge on any atom is -0.318 e. The molecule has 2 rings (SSSR count). The normalized spacial score (nSPS) is 38.7. The van der Waals surface area contributed by atoms with E-state index in [-0.39, 0.29) is 11.3 Å². The zero-order valence-corrected chi connectivity index (χ0v) is 7.42. The van der Waals surface area contributed by atoms with Crippen LogP contribution in [0.1, 0.15) is 6.42 Å². The van der Waals surface area contributed by atoms with E-state index in [4.69, 9.17) is 11.0 Å². The molecule has 62 valence electrons. The van der Waals surface area contributed by atoms with Crippen LogP contribution in [0, 0.1) is 23.2 Å². The van der Waals surface area contributed by atoms with Crippen LogP contribution in [0.15, 0.2) is 23.1 Å². The van der Waals surface area contributed by atoms with E-state index in [0.717, 1.165) is 6.42 Å². The third-order valence-electron chi connectivity index (χ3n) is 2.36. The Bertz CT molecular complexity index is 287. The van der Waals surface area contributed by atoms with Gasteiger partial charge in [-0.25, -0.2) is 0 Å². The molecule has 0 saturated carbocycles. The van der Waals surface area contributed by atoms with Gasteiger partial charge in [-0.2, -0.15) is 5.26 Å². The lowest BCUT2D eigenvalue weighted by atomic mass is 9.88. The van der Waals surface area contributed by atoms with Crippen molar-refractivity contribution >= 4 is 11.8 Å². The Morgan fingerprint density at radius 1 is 1.67 bits per heavy atom. The standard InChI is InChI=1S/C9H10N2S/c10-5-7-6-3-1-2-4-8(6)12-9(7)11/h1-2,4,6-7,9H,3,11H2. The highest BCUT2D eigenvalue weighted by atomic mass is 32.2. The second kappa shape index (κ2) is 2.96. The highest BCUT2D eigenvalue weighted by Gasteiger charge is 2.38. The summed E-state index contributed by atoms with van der Waals surface area (Å²) in [6.07, 6.45) is 7.21. The van der Waals surface area contributed by atoms with E-state index in [1.165, 1.54) is 4.91 Å². The minimum atomic E-state index is -0.0221. The molecule has 1 saturated heterocycles. The van der Waals surface area contributed by atoms with Crippen molar-refractivity contribution in [2.24, 2.45) is 17.6 Å². The molecule has 1 aliphatic heterocycles. The van der Waals surface area contributed by atoms with Gasteiger partial charge in [-0.15, -0.1) is 11.8 Å². The SMILES string of the molecule is N#CC1C(N)SC2=CC=CCC21. The predicted octanol–water partition coefficient (Wildman–Crippen LogP) is 1.62. The molecule has 0 spiro atoms. The lowest BCUT2D eigenvalue weighted by Gasteiger charge is -2.14. The van der Waals surface area contributed by atoms with Gasteiger partial charge in [0.25, 0.3) is 0 Å². The van der Waals surface area contributed by atoms with Crippen LogP contribution in [0.3, 0.4) is 0 Å². The number of thioether (sulfide) groups is 1. The second-order valence-electron chi connectivity index (χ2n) is 3.08. The predicted molar refractivity (Wildman–Crippen MR) is 50.0 cm³/mol. The molecule has 12 heavy (non-hydrogen) atoms. The number of rotatable bonds is 0. The number of fused-ring (bicyclic) bond motifs is 1. The van der Waals surface area contributed by atoms with Crippen molar-refractivity contribution in [2.45, 2.75) is 11.8 Å². The molecule has 3 unspecified atom stereocenters. The first-order chi connectivity index (χ1) is 5.83. The second-order valence-corrected chi connectivity index (χ2v) is 4.33. The number of hydrogen-bond acceptors (Lipinski definition) is 3. The topological polar surface area (TPSA) is 49.8 Å². The number of nitriles is 1. The highest BCUT2D eigenvalue weighted by Crippen LogP contribution is 2.46. The molecule has 3 heteroatoms. The molecule has 1 heterocycles. The van der Waals surface area contributed by atoms with Crippen LogP contribution < -0.4 is 5.73 Å². The van der Waals surface area contributed by atoms with Crippen molar-refractivity contribution in [3.8, 4) is 6.07 Å². The van der Waals surface area contributed by atoms with Crippen LogP contribution in [-0.4, -0.2) is 5.37 Å². The molecule has 0 bridgehead atoms. The van der Waals surface area contributed by atoms with Gasteiger partial charge in [0.2, 0.25) is 0 Å². The average Bonchev–Trinajstić information content (AvgIpc) is 2.40. The van der Waals surface area contributed by atoms with Crippen LogP contribution in [0.5, 0.6) is 0 Å². The fraction of sp³-hybridized carbons (Fsp3) is 0.444. The summed E-state index contributed by atoms with van der Waals surface area (Å²) in [4.78, 5) is 1.29. The smallest absolute Gasteiger partial charge is 0.0787 e. The quantitative estimate of drug-likeness (QED) is 0.613. The number of allylic oxidation sites excluding steroid dienone is 4. The van der Waals surface area contributed by atoms with Gasteiger partial charge in [0.05, 0.1) is 17.4 Å². The van der Waals surface area contributed by atoms with Crippen molar-refractivity contribution in [3.63, 3.8) is 0 Å². The van der Waals surface area contributed by atoms with Crippen molar-refractivity contribution in [1.82, 2.24) is 0 Å². The van der Waals surface area contributed by atoms with Gasteiger partial charge >= 0.3 is 0 Å². The molecule has 1 aliphatic carbocycles. The van der Waals surface area contributed by atoms with Crippen molar-refractivity contribution in [1.29, 1.82) is 5.26 Å². The molecule has 1 fully saturated rings. The monoisotopic (exact) mass is 178 g/mol. The van der Waals surface area contributed by atoms with Crippen LogP contribution in [0.25, 0.3) is 0 Å². The first-order valence-corrected chi connectivity index (χ1v) is 4.89. The van der Waals surface area contributed by atoms with Gasteiger partial charge in [0.1, 0.15) is 0 Å². The maximum atomic E-state index is 8.88. The summed E-state index contributed by atoms with van der Waals surface area (Å²) in [5.41, 5.74) is 5.82. The minimum absolute atomic E-state index is 0.00574. The van der Waals surface area contributed by atoms with E-state index in [9.17, 15) is 0 Å². The lowest BCUT2D eigenvalue weighted by Crippen LogP contribution is -2.24. The van der Waals surface area contributed by atoms with Gasteiger partial charge < -0.3 is 5.73 Å². The third kappa shape index (κ3) is 1.08. The Morgan fingerprint density at radius 2 is 2.50 bits per heavy atom. The maximum absolute atomic E-state index is 8.88. The van der Waals surface area contributed by atoms with E-state index < -0.39 is 0 Å². The average molecular weight is 178 g/mol. The number of nitrogens with two attached hydrogens (primary N) is 1. The van der Waals surface area contributed by atoms with Gasteiger partial charge in [-0.1, -0.05) is 18.2 Å². The van der Waals surface area contributed by atoms with Gasteiger partial charge in [-0.3, -0.25) is 0 Å². The molecular weight excluding hydrogens is 168 g/mol. The van der Waals surface area contributed by atoms with Crippen LogP contribution in [-0.2, 0) is 0 Å². The first-order valence-electron chi connectivity index (χ1n) is 4.01. The van der Waals surface area contributed by atoms with E-state index in [0.29, 0.717) is 5.92 Å². The largest absolute Gasteiger partial charge is 0.318 e. The summed E-state index contributed by atoms with van der Waals surface area (Å²) in [7, 11) is 0. The third-order valence-corrected chi connectivity index (χ3v) is 3.64. The molecule has 0 aromatic rings. The Morgan fingerprint density at radius 3 is 3.25 bits per heavy atom. The number of nitrogens with zero attached hydrogens (tertiary/aromatic N) is 1. The molecule has 0 amide bonds. The zero-order chi connectivity index (χ0) is 8.55. The molecular formula is C9H10N2S. The Labute approximate surface area is 76.1 Å². The van der Waals surface area contributed by atoms with Gasteiger partial charge in [0.15, 0.2) is 0 Å². The van der Waals surface area contributed by atoms with Crippen LogP contribution in [0.4, 0.5) is 0 Å². The lowest BCUT2D eigenvalue weighted by molar-refractivity contribution is 0.490. The van der Waals surface area contributed by atoms with E-state index in [1.807, 2.05) is 6.08 Å². The van der Waals surface area contributed by atoms with Crippen molar-refractivity contribution in [3.05, 3.63) is 23.1 Å². The molecule has 2 nitrogen and oxygen atoms in total. The molecule has 2 N–H and O–H groups in total. The molecule has 0 aromatic carbocycles. The van der Waals surface area contributed by atoms with Gasteiger partial charge in [0, 0.05) is 5.92 Å². The maximum Gasteiger partial charge on any atom is 0.0787 e. The summed E-state index contributed by atoms with van der Waals surface area (Å²) in [5, 5.41) is 8.86. The molecule has 2 aliphatic rings. The van der Waals surface area contributed by atoms with Crippen molar-refractivity contribution in [2.75, 3.05) is 0 Å². The van der Waals surface area contributed by atoms with E-state index >= 15 is 0 Å². The number of hydrogen-bond donors (Lipinski definition) is 1. The summed E-state index contributed by atoms with van der Waals surface area (Å²) in [6, 6.07) is 2.29. The highest BCUT2D eigenvalue weighted by molar-refractivity contribution is 8.03. The van der Waals surface area contributed by atoms with Crippen LogP contribution >= 0.6 is 11.8 Å². The Kier molecular flexibility index (Phi) is 1.95. The Hall–Kier alpha value is -0.720. The van der Waals surface area contributed by atoms with Gasteiger partial charge in [-0.05, 0) is 11.3 Å². The van der Waals surface area contributed by atoms with Crippen molar-refractivity contribution < 1.29 is 0 Å². The first kappa shape index (κ1) is 7.90. The molecule has 3 atom stereocenters. The fourth-order valence-corrected chi connectivity index (χ4v) is 2.99. The summed E-state index contributed by atoms with van der Waals surface area (Å²) in [6.45, 7) is 0. The summed E-state index contributed by atoms with van der Waals surface area (Å²) >= 11 is 1.65. The molecule has 0 aromatic heterocycles. The summed E-state index contributed by atoms with van der Waals surface area (Å²) < 4.78 is 0.